The van der Waals surface area contributed by atoms with Gasteiger partial charge in [-0.15, -0.1) is 0 Å². The highest BCUT2D eigenvalue weighted by atomic mass is 35.5. The van der Waals surface area contributed by atoms with E-state index in [9.17, 15) is 0 Å². The average molecular weight is 290 g/mol. The Morgan fingerprint density at radius 2 is 2.10 bits per heavy atom. The SMILES string of the molecule is COc1ccc2c(c1)C(N)CC(c1cccc(Cl)c1)O2. The van der Waals surface area contributed by atoms with Gasteiger partial charge in [0, 0.05) is 23.0 Å². The second kappa shape index (κ2) is 5.35. The summed E-state index contributed by atoms with van der Waals surface area (Å²) in [7, 11) is 1.64. The van der Waals surface area contributed by atoms with E-state index >= 15 is 0 Å². The summed E-state index contributed by atoms with van der Waals surface area (Å²) >= 11 is 6.04. The Morgan fingerprint density at radius 3 is 2.85 bits per heavy atom. The molecule has 0 saturated carbocycles. The summed E-state index contributed by atoms with van der Waals surface area (Å²) in [5.41, 5.74) is 8.31. The minimum absolute atomic E-state index is 0.0652. The van der Waals surface area contributed by atoms with Gasteiger partial charge < -0.3 is 15.2 Å². The second-order valence-electron chi connectivity index (χ2n) is 4.91. The van der Waals surface area contributed by atoms with Crippen molar-refractivity contribution in [3.8, 4) is 11.5 Å². The molecule has 1 aliphatic heterocycles. The molecule has 0 aliphatic carbocycles. The smallest absolute Gasteiger partial charge is 0.126 e. The molecule has 3 nitrogen and oxygen atoms in total. The summed E-state index contributed by atoms with van der Waals surface area (Å²) in [6.45, 7) is 0. The molecule has 2 atom stereocenters. The molecule has 1 aliphatic rings. The molecule has 20 heavy (non-hydrogen) atoms. The zero-order chi connectivity index (χ0) is 14.1. The fraction of sp³-hybridized carbons (Fsp3) is 0.250. The highest BCUT2D eigenvalue weighted by Gasteiger charge is 2.27. The molecule has 104 valence electrons. The molecule has 0 bridgehead atoms. The third kappa shape index (κ3) is 2.47. The number of hydrogen-bond acceptors (Lipinski definition) is 3. The van der Waals surface area contributed by atoms with E-state index in [-0.39, 0.29) is 12.1 Å². The molecule has 0 saturated heterocycles. The van der Waals surface area contributed by atoms with Crippen molar-refractivity contribution in [2.45, 2.75) is 18.6 Å². The largest absolute Gasteiger partial charge is 0.497 e. The quantitative estimate of drug-likeness (QED) is 0.913. The number of halogens is 1. The lowest BCUT2D eigenvalue weighted by Crippen LogP contribution is -2.24. The van der Waals surface area contributed by atoms with E-state index < -0.39 is 0 Å². The van der Waals surface area contributed by atoms with Crippen molar-refractivity contribution >= 4 is 11.6 Å². The number of hydrogen-bond donors (Lipinski definition) is 1. The Hall–Kier alpha value is -1.71. The number of benzene rings is 2. The van der Waals surface area contributed by atoms with Gasteiger partial charge in [0.15, 0.2) is 0 Å². The Bertz CT molecular complexity index is 630. The average Bonchev–Trinajstić information content (AvgIpc) is 2.47. The maximum atomic E-state index is 6.27. The van der Waals surface area contributed by atoms with Crippen molar-refractivity contribution in [1.82, 2.24) is 0 Å². The van der Waals surface area contributed by atoms with E-state index in [1.165, 1.54) is 0 Å². The van der Waals surface area contributed by atoms with Gasteiger partial charge in [-0.05, 0) is 35.9 Å². The summed E-state index contributed by atoms with van der Waals surface area (Å²) in [4.78, 5) is 0. The van der Waals surface area contributed by atoms with Crippen LogP contribution in [0.25, 0.3) is 0 Å². The molecule has 2 aromatic carbocycles. The monoisotopic (exact) mass is 289 g/mol. The Morgan fingerprint density at radius 1 is 1.25 bits per heavy atom. The highest BCUT2D eigenvalue weighted by Crippen LogP contribution is 2.41. The van der Waals surface area contributed by atoms with Gasteiger partial charge in [-0.2, -0.15) is 0 Å². The molecule has 2 unspecified atom stereocenters. The summed E-state index contributed by atoms with van der Waals surface area (Å²) in [5.74, 6) is 1.61. The van der Waals surface area contributed by atoms with Gasteiger partial charge in [0.05, 0.1) is 7.11 Å². The molecule has 0 spiro atoms. The number of fused-ring (bicyclic) bond motifs is 1. The van der Waals surface area contributed by atoms with Crippen molar-refractivity contribution in [2.24, 2.45) is 5.73 Å². The summed E-state index contributed by atoms with van der Waals surface area (Å²) in [5, 5.41) is 0.709. The highest BCUT2D eigenvalue weighted by molar-refractivity contribution is 6.30. The van der Waals surface area contributed by atoms with Crippen LogP contribution in [0.1, 0.15) is 29.7 Å². The molecule has 2 N–H and O–H groups in total. The standard InChI is InChI=1S/C16H16ClNO2/c1-19-12-5-6-15-13(8-12)14(18)9-16(20-15)10-3-2-4-11(17)7-10/h2-8,14,16H,9,18H2,1H3. The molecule has 0 fully saturated rings. The molecule has 2 aromatic rings. The number of rotatable bonds is 2. The lowest BCUT2D eigenvalue weighted by molar-refractivity contribution is 0.161. The van der Waals surface area contributed by atoms with E-state index in [1.807, 2.05) is 42.5 Å². The van der Waals surface area contributed by atoms with Crippen molar-refractivity contribution in [1.29, 1.82) is 0 Å². The van der Waals surface area contributed by atoms with Crippen LogP contribution in [0.3, 0.4) is 0 Å². The Balaban J connectivity index is 1.93. The van der Waals surface area contributed by atoms with Crippen LogP contribution in [0.5, 0.6) is 11.5 Å². The van der Waals surface area contributed by atoms with Crippen molar-refractivity contribution < 1.29 is 9.47 Å². The lowest BCUT2D eigenvalue weighted by atomic mass is 9.93. The predicted molar refractivity (Wildman–Crippen MR) is 79.4 cm³/mol. The van der Waals surface area contributed by atoms with Gasteiger partial charge in [0.2, 0.25) is 0 Å². The molecule has 0 amide bonds. The summed E-state index contributed by atoms with van der Waals surface area (Å²) in [6, 6.07) is 13.4. The first-order valence-corrected chi connectivity index (χ1v) is 6.91. The van der Waals surface area contributed by atoms with Crippen LogP contribution in [-0.2, 0) is 0 Å². The Kier molecular flexibility index (Phi) is 3.55. The molecule has 0 aromatic heterocycles. The molecule has 0 radical (unpaired) electrons. The van der Waals surface area contributed by atoms with Crippen molar-refractivity contribution in [3.63, 3.8) is 0 Å². The Labute approximate surface area is 123 Å². The number of methoxy groups -OCH3 is 1. The van der Waals surface area contributed by atoms with Crippen LogP contribution < -0.4 is 15.2 Å². The van der Waals surface area contributed by atoms with Crippen molar-refractivity contribution in [3.05, 3.63) is 58.6 Å². The third-order valence-corrected chi connectivity index (χ3v) is 3.81. The van der Waals surface area contributed by atoms with E-state index in [4.69, 9.17) is 26.8 Å². The van der Waals surface area contributed by atoms with Crippen LogP contribution in [0.4, 0.5) is 0 Å². The maximum Gasteiger partial charge on any atom is 0.126 e. The minimum atomic E-state index is -0.0715. The minimum Gasteiger partial charge on any atom is -0.497 e. The summed E-state index contributed by atoms with van der Waals surface area (Å²) < 4.78 is 11.3. The first-order chi connectivity index (χ1) is 9.67. The fourth-order valence-electron chi connectivity index (χ4n) is 2.52. The molecular formula is C16H16ClNO2. The summed E-state index contributed by atoms with van der Waals surface area (Å²) in [6.07, 6.45) is 0.658. The molecule has 4 heteroatoms. The zero-order valence-electron chi connectivity index (χ0n) is 11.2. The second-order valence-corrected chi connectivity index (χ2v) is 5.34. The molecule has 1 heterocycles. The topological polar surface area (TPSA) is 44.5 Å². The zero-order valence-corrected chi connectivity index (χ0v) is 11.9. The predicted octanol–water partition coefficient (Wildman–Crippen LogP) is 3.87. The van der Waals surface area contributed by atoms with Crippen LogP contribution in [0, 0.1) is 0 Å². The third-order valence-electron chi connectivity index (χ3n) is 3.57. The van der Waals surface area contributed by atoms with E-state index in [0.717, 1.165) is 29.0 Å². The van der Waals surface area contributed by atoms with Crippen molar-refractivity contribution in [2.75, 3.05) is 7.11 Å². The van der Waals surface area contributed by atoms with Gasteiger partial charge in [0.1, 0.15) is 17.6 Å². The van der Waals surface area contributed by atoms with Gasteiger partial charge in [0.25, 0.3) is 0 Å². The van der Waals surface area contributed by atoms with Crippen LogP contribution in [-0.4, -0.2) is 7.11 Å². The molecular weight excluding hydrogens is 274 g/mol. The fourth-order valence-corrected chi connectivity index (χ4v) is 2.72. The first-order valence-electron chi connectivity index (χ1n) is 6.53. The first kappa shape index (κ1) is 13.3. The van der Waals surface area contributed by atoms with Crippen LogP contribution >= 0.6 is 11.6 Å². The van der Waals surface area contributed by atoms with Gasteiger partial charge in [-0.25, -0.2) is 0 Å². The van der Waals surface area contributed by atoms with Gasteiger partial charge in [-0.3, -0.25) is 0 Å². The maximum absolute atomic E-state index is 6.27. The lowest BCUT2D eigenvalue weighted by Gasteiger charge is -2.31. The number of nitrogens with two attached hydrogens (primary N) is 1. The van der Waals surface area contributed by atoms with E-state index in [1.54, 1.807) is 7.11 Å². The van der Waals surface area contributed by atoms with Gasteiger partial charge >= 0.3 is 0 Å². The molecule has 3 rings (SSSR count). The van der Waals surface area contributed by atoms with E-state index in [2.05, 4.69) is 0 Å². The van der Waals surface area contributed by atoms with Crippen LogP contribution in [0.2, 0.25) is 5.02 Å². The normalized spacial score (nSPS) is 20.9. The van der Waals surface area contributed by atoms with Gasteiger partial charge in [-0.1, -0.05) is 23.7 Å². The van der Waals surface area contributed by atoms with Crippen LogP contribution in [0.15, 0.2) is 42.5 Å². The number of ether oxygens (including phenoxy) is 2. The van der Waals surface area contributed by atoms with E-state index in [0.29, 0.717) is 5.02 Å².